The van der Waals surface area contributed by atoms with Crippen LogP contribution in [0.4, 0.5) is 5.69 Å². The van der Waals surface area contributed by atoms with E-state index in [9.17, 15) is 18.0 Å². The predicted octanol–water partition coefficient (Wildman–Crippen LogP) is 4.15. The molecular weight excluding hydrogens is 448 g/mol. The molecule has 1 amide bonds. The van der Waals surface area contributed by atoms with E-state index in [0.717, 1.165) is 30.6 Å². The molecule has 1 aromatic carbocycles. The van der Waals surface area contributed by atoms with E-state index in [1.807, 2.05) is 13.8 Å². The number of likely N-dealkylation sites (tertiary alicyclic amines) is 1. The molecule has 1 aromatic heterocycles. The SMILES string of the molecule is C[C@@H]1CCC[C@@H](C)N1C(=O)COC(=O)c1ccc(NS(=O)(=O)c2ccc(Cl)s2)cc1. The number of halogens is 1. The average Bonchev–Trinajstić information content (AvgIpc) is 3.14. The van der Waals surface area contributed by atoms with Crippen LogP contribution in [0.2, 0.25) is 4.34 Å². The molecule has 1 aliphatic heterocycles. The Kier molecular flexibility index (Phi) is 7.05. The molecule has 1 aliphatic rings. The van der Waals surface area contributed by atoms with Crippen LogP contribution in [0.3, 0.4) is 0 Å². The van der Waals surface area contributed by atoms with E-state index in [1.54, 1.807) is 4.90 Å². The van der Waals surface area contributed by atoms with Crippen LogP contribution in [0.5, 0.6) is 0 Å². The third kappa shape index (κ3) is 5.33. The van der Waals surface area contributed by atoms with E-state index in [0.29, 0.717) is 10.0 Å². The minimum absolute atomic E-state index is 0.0932. The molecule has 1 N–H and O–H groups in total. The number of thiophene rings is 1. The molecule has 0 radical (unpaired) electrons. The monoisotopic (exact) mass is 470 g/mol. The zero-order chi connectivity index (χ0) is 21.9. The summed E-state index contributed by atoms with van der Waals surface area (Å²) in [5.74, 6) is -0.845. The molecule has 10 heteroatoms. The lowest BCUT2D eigenvalue weighted by Gasteiger charge is -2.38. The zero-order valence-electron chi connectivity index (χ0n) is 16.6. The molecule has 2 heterocycles. The number of piperidine rings is 1. The number of hydrogen-bond donors (Lipinski definition) is 1. The zero-order valence-corrected chi connectivity index (χ0v) is 19.0. The van der Waals surface area contributed by atoms with Gasteiger partial charge in [0.15, 0.2) is 6.61 Å². The van der Waals surface area contributed by atoms with Crippen LogP contribution < -0.4 is 4.72 Å². The minimum Gasteiger partial charge on any atom is -0.452 e. The number of anilines is 1. The molecule has 30 heavy (non-hydrogen) atoms. The summed E-state index contributed by atoms with van der Waals surface area (Å²) < 4.78 is 32.7. The lowest BCUT2D eigenvalue weighted by atomic mass is 9.97. The molecule has 0 saturated carbocycles. The van der Waals surface area contributed by atoms with Gasteiger partial charge in [-0.3, -0.25) is 9.52 Å². The first kappa shape index (κ1) is 22.6. The van der Waals surface area contributed by atoms with Gasteiger partial charge < -0.3 is 9.64 Å². The molecule has 162 valence electrons. The van der Waals surface area contributed by atoms with E-state index in [-0.39, 0.29) is 34.4 Å². The van der Waals surface area contributed by atoms with Crippen LogP contribution in [-0.4, -0.2) is 43.9 Å². The Hall–Kier alpha value is -2.10. The molecular formula is C20H23ClN2O5S2. The maximum absolute atomic E-state index is 12.5. The number of nitrogens with zero attached hydrogens (tertiary/aromatic N) is 1. The first-order chi connectivity index (χ1) is 14.2. The van der Waals surface area contributed by atoms with Gasteiger partial charge in [-0.25, -0.2) is 13.2 Å². The van der Waals surface area contributed by atoms with Gasteiger partial charge in [0.1, 0.15) is 4.21 Å². The largest absolute Gasteiger partial charge is 0.452 e. The second kappa shape index (κ2) is 9.36. The second-order valence-electron chi connectivity index (χ2n) is 7.25. The summed E-state index contributed by atoms with van der Waals surface area (Å²) in [6, 6.07) is 8.99. The molecule has 7 nitrogen and oxygen atoms in total. The molecule has 1 saturated heterocycles. The molecule has 3 rings (SSSR count). The van der Waals surface area contributed by atoms with Crippen LogP contribution in [0.1, 0.15) is 43.5 Å². The maximum Gasteiger partial charge on any atom is 0.338 e. The van der Waals surface area contributed by atoms with Crippen molar-refractivity contribution in [3.63, 3.8) is 0 Å². The number of ether oxygens (including phenoxy) is 1. The van der Waals surface area contributed by atoms with Gasteiger partial charge >= 0.3 is 5.97 Å². The highest BCUT2D eigenvalue weighted by Gasteiger charge is 2.29. The third-order valence-corrected chi connectivity index (χ3v) is 8.10. The number of amides is 1. The average molecular weight is 471 g/mol. The summed E-state index contributed by atoms with van der Waals surface area (Å²) in [5.41, 5.74) is 0.521. The van der Waals surface area contributed by atoms with Crippen molar-refractivity contribution in [3.8, 4) is 0 Å². The fourth-order valence-corrected chi connectivity index (χ4v) is 6.06. The van der Waals surface area contributed by atoms with Gasteiger partial charge in [-0.05, 0) is 69.5 Å². The van der Waals surface area contributed by atoms with E-state index in [2.05, 4.69) is 4.72 Å². The van der Waals surface area contributed by atoms with Crippen molar-refractivity contribution in [2.75, 3.05) is 11.3 Å². The van der Waals surface area contributed by atoms with Gasteiger partial charge in [-0.1, -0.05) is 11.6 Å². The van der Waals surface area contributed by atoms with Crippen LogP contribution in [-0.2, 0) is 19.6 Å². The number of esters is 1. The Morgan fingerprint density at radius 1 is 1.13 bits per heavy atom. The molecule has 0 aliphatic carbocycles. The number of carbonyl (C=O) groups excluding carboxylic acids is 2. The Morgan fingerprint density at radius 3 is 2.33 bits per heavy atom. The fourth-order valence-electron chi connectivity index (χ4n) is 3.52. The normalized spacial score (nSPS) is 19.4. The Bertz CT molecular complexity index is 1010. The van der Waals surface area contributed by atoms with Crippen molar-refractivity contribution < 1.29 is 22.7 Å². The van der Waals surface area contributed by atoms with E-state index in [1.165, 1.54) is 36.4 Å². The lowest BCUT2D eigenvalue weighted by Crippen LogP contribution is -2.49. The topological polar surface area (TPSA) is 92.8 Å². The summed E-state index contributed by atoms with van der Waals surface area (Å²) in [4.78, 5) is 26.5. The minimum atomic E-state index is -3.75. The standard InChI is InChI=1S/C20H23ClN2O5S2/c1-13-4-3-5-14(2)23(13)18(24)12-28-20(25)15-6-8-16(9-7-15)22-30(26,27)19-11-10-17(21)29-19/h6-11,13-14,22H,3-5,12H2,1-2H3/t13-,14-/m1/s1. The second-order valence-corrected chi connectivity index (χ2v) is 10.9. The first-order valence-corrected chi connectivity index (χ1v) is 12.2. The Labute approximate surface area is 185 Å². The van der Waals surface area contributed by atoms with Gasteiger partial charge in [-0.15, -0.1) is 11.3 Å². The highest BCUT2D eigenvalue weighted by atomic mass is 35.5. The highest BCUT2D eigenvalue weighted by molar-refractivity contribution is 7.94. The Balaban J connectivity index is 1.58. The van der Waals surface area contributed by atoms with E-state index < -0.39 is 16.0 Å². The molecule has 1 fully saturated rings. The molecule has 0 bridgehead atoms. The first-order valence-electron chi connectivity index (χ1n) is 9.54. The van der Waals surface area contributed by atoms with Crippen molar-refractivity contribution in [1.82, 2.24) is 4.90 Å². The van der Waals surface area contributed by atoms with Crippen molar-refractivity contribution >= 4 is 50.5 Å². The number of sulfonamides is 1. The summed E-state index contributed by atoms with van der Waals surface area (Å²) in [7, 11) is -3.75. The summed E-state index contributed by atoms with van der Waals surface area (Å²) in [6.07, 6.45) is 2.97. The molecule has 2 atom stereocenters. The van der Waals surface area contributed by atoms with Gasteiger partial charge in [0.25, 0.3) is 15.9 Å². The van der Waals surface area contributed by atoms with Gasteiger partial charge in [0.2, 0.25) is 0 Å². The maximum atomic E-state index is 12.5. The van der Waals surface area contributed by atoms with Gasteiger partial charge in [0.05, 0.1) is 9.90 Å². The van der Waals surface area contributed by atoms with Gasteiger partial charge in [-0.2, -0.15) is 0 Å². The van der Waals surface area contributed by atoms with E-state index >= 15 is 0 Å². The van der Waals surface area contributed by atoms with Gasteiger partial charge in [0, 0.05) is 17.8 Å². The summed E-state index contributed by atoms with van der Waals surface area (Å²) in [6.45, 7) is 3.68. The van der Waals surface area contributed by atoms with E-state index in [4.69, 9.17) is 16.3 Å². The van der Waals surface area contributed by atoms with Crippen LogP contribution in [0.15, 0.2) is 40.6 Å². The highest BCUT2D eigenvalue weighted by Crippen LogP contribution is 2.27. The quantitative estimate of drug-likeness (QED) is 0.640. The smallest absolute Gasteiger partial charge is 0.338 e. The molecule has 0 unspecified atom stereocenters. The number of carbonyl (C=O) groups is 2. The van der Waals surface area contributed by atoms with Crippen LogP contribution in [0, 0.1) is 0 Å². The lowest BCUT2D eigenvalue weighted by molar-refractivity contribution is -0.140. The number of benzene rings is 1. The fraction of sp³-hybridized carbons (Fsp3) is 0.400. The van der Waals surface area contributed by atoms with Crippen molar-refractivity contribution in [3.05, 3.63) is 46.3 Å². The summed E-state index contributed by atoms with van der Waals surface area (Å²) in [5, 5.41) is 0. The molecule has 2 aromatic rings. The molecule has 0 spiro atoms. The summed E-state index contributed by atoms with van der Waals surface area (Å²) >= 11 is 6.74. The third-order valence-electron chi connectivity index (χ3n) is 4.99. The van der Waals surface area contributed by atoms with Crippen LogP contribution in [0.25, 0.3) is 0 Å². The number of nitrogens with one attached hydrogen (secondary N) is 1. The predicted molar refractivity (Wildman–Crippen MR) is 116 cm³/mol. The Morgan fingerprint density at radius 2 is 1.77 bits per heavy atom. The van der Waals surface area contributed by atoms with Crippen molar-refractivity contribution in [2.24, 2.45) is 0 Å². The van der Waals surface area contributed by atoms with Crippen molar-refractivity contribution in [2.45, 2.75) is 49.4 Å². The van der Waals surface area contributed by atoms with Crippen molar-refractivity contribution in [1.29, 1.82) is 0 Å². The number of rotatable bonds is 6. The number of hydrogen-bond acceptors (Lipinski definition) is 6. The van der Waals surface area contributed by atoms with Crippen LogP contribution >= 0.6 is 22.9 Å².